The third-order valence-electron chi connectivity index (χ3n) is 2.65. The van der Waals surface area contributed by atoms with Crippen molar-refractivity contribution in [1.82, 2.24) is 15.6 Å². The van der Waals surface area contributed by atoms with Crippen LogP contribution in [0.5, 0.6) is 0 Å². The lowest BCUT2D eigenvalue weighted by molar-refractivity contribution is -0.127. The number of carbonyl (C=O) groups excluding carboxylic acids is 1. The molecule has 19 heavy (non-hydrogen) atoms. The molecule has 1 unspecified atom stereocenters. The molecule has 1 atom stereocenters. The third kappa shape index (κ3) is 4.00. The second-order valence-corrected chi connectivity index (χ2v) is 5.62. The molecule has 1 heterocycles. The molecule has 1 rings (SSSR count). The van der Waals surface area contributed by atoms with Gasteiger partial charge in [0, 0.05) is 5.38 Å². The van der Waals surface area contributed by atoms with E-state index in [0.717, 1.165) is 0 Å². The Kier molecular flexibility index (Phi) is 5.02. The van der Waals surface area contributed by atoms with Crippen molar-refractivity contribution in [2.24, 2.45) is 0 Å². The van der Waals surface area contributed by atoms with Crippen molar-refractivity contribution in [3.05, 3.63) is 16.1 Å². The van der Waals surface area contributed by atoms with Gasteiger partial charge < -0.3 is 15.7 Å². The van der Waals surface area contributed by atoms with Gasteiger partial charge >= 0.3 is 5.97 Å². The number of thiazole rings is 1. The Hall–Kier alpha value is -1.47. The van der Waals surface area contributed by atoms with Crippen LogP contribution in [0.1, 0.15) is 49.2 Å². The van der Waals surface area contributed by atoms with E-state index in [0.29, 0.717) is 11.6 Å². The highest BCUT2D eigenvalue weighted by Crippen LogP contribution is 2.18. The van der Waals surface area contributed by atoms with Crippen LogP contribution in [0.2, 0.25) is 0 Å². The van der Waals surface area contributed by atoms with E-state index < -0.39 is 11.5 Å². The fourth-order valence-electron chi connectivity index (χ4n) is 1.55. The zero-order valence-electron chi connectivity index (χ0n) is 11.5. The van der Waals surface area contributed by atoms with Gasteiger partial charge in [-0.2, -0.15) is 0 Å². The van der Waals surface area contributed by atoms with E-state index in [9.17, 15) is 9.59 Å². The number of rotatable bonds is 6. The monoisotopic (exact) mass is 285 g/mol. The van der Waals surface area contributed by atoms with Crippen LogP contribution in [0.25, 0.3) is 0 Å². The number of amides is 1. The number of aromatic nitrogens is 1. The Morgan fingerprint density at radius 1 is 1.53 bits per heavy atom. The summed E-state index contributed by atoms with van der Waals surface area (Å²) in [5.41, 5.74) is -0.664. The van der Waals surface area contributed by atoms with Gasteiger partial charge in [0.2, 0.25) is 5.91 Å². The number of carboxylic acids is 1. The van der Waals surface area contributed by atoms with Gasteiger partial charge in [0.05, 0.1) is 11.6 Å². The molecule has 0 aliphatic rings. The molecule has 1 aromatic heterocycles. The van der Waals surface area contributed by atoms with E-state index >= 15 is 0 Å². The van der Waals surface area contributed by atoms with E-state index in [1.807, 2.05) is 6.92 Å². The fraction of sp³-hybridized carbons (Fsp3) is 0.583. The number of hydrogen-bond acceptors (Lipinski definition) is 5. The smallest absolute Gasteiger partial charge is 0.355 e. The SMILES string of the molecule is CCNC(C)(C)C(=O)NC(C)c1nc(C(=O)O)cs1. The Morgan fingerprint density at radius 3 is 2.63 bits per heavy atom. The first-order valence-electron chi connectivity index (χ1n) is 6.02. The topological polar surface area (TPSA) is 91.3 Å². The fourth-order valence-corrected chi connectivity index (χ4v) is 2.35. The summed E-state index contributed by atoms with van der Waals surface area (Å²) < 4.78 is 0. The lowest BCUT2D eigenvalue weighted by atomic mass is 10.0. The molecule has 0 aliphatic heterocycles. The van der Waals surface area contributed by atoms with Crippen molar-refractivity contribution in [3.63, 3.8) is 0 Å². The first-order valence-corrected chi connectivity index (χ1v) is 6.90. The van der Waals surface area contributed by atoms with Crippen molar-refractivity contribution in [2.75, 3.05) is 6.54 Å². The highest BCUT2D eigenvalue weighted by atomic mass is 32.1. The molecule has 6 nitrogen and oxygen atoms in total. The summed E-state index contributed by atoms with van der Waals surface area (Å²) in [5.74, 6) is -1.21. The highest BCUT2D eigenvalue weighted by Gasteiger charge is 2.28. The average molecular weight is 285 g/mol. The first kappa shape index (κ1) is 15.6. The average Bonchev–Trinajstić information content (AvgIpc) is 2.77. The molecule has 7 heteroatoms. The van der Waals surface area contributed by atoms with E-state index in [1.54, 1.807) is 20.8 Å². The molecule has 0 spiro atoms. The molecule has 1 aromatic rings. The van der Waals surface area contributed by atoms with Crippen molar-refractivity contribution in [1.29, 1.82) is 0 Å². The zero-order chi connectivity index (χ0) is 14.6. The Bertz CT molecular complexity index is 471. The largest absolute Gasteiger partial charge is 0.476 e. The summed E-state index contributed by atoms with van der Waals surface area (Å²) in [6, 6.07) is -0.316. The van der Waals surface area contributed by atoms with Gasteiger partial charge in [0.15, 0.2) is 5.69 Å². The van der Waals surface area contributed by atoms with E-state index in [1.165, 1.54) is 16.7 Å². The summed E-state index contributed by atoms with van der Waals surface area (Å²) in [7, 11) is 0. The van der Waals surface area contributed by atoms with E-state index in [-0.39, 0.29) is 17.6 Å². The van der Waals surface area contributed by atoms with Gasteiger partial charge in [-0.05, 0) is 27.3 Å². The maximum absolute atomic E-state index is 12.1. The molecule has 1 amide bonds. The van der Waals surface area contributed by atoms with Gasteiger partial charge in [-0.1, -0.05) is 6.92 Å². The van der Waals surface area contributed by atoms with Crippen molar-refractivity contribution in [2.45, 2.75) is 39.3 Å². The minimum absolute atomic E-state index is 0.00652. The molecule has 0 saturated heterocycles. The quantitative estimate of drug-likeness (QED) is 0.735. The third-order valence-corrected chi connectivity index (χ3v) is 3.67. The van der Waals surface area contributed by atoms with Crippen LogP contribution >= 0.6 is 11.3 Å². The Labute approximate surface area is 116 Å². The van der Waals surface area contributed by atoms with E-state index in [2.05, 4.69) is 15.6 Å². The normalized spacial score (nSPS) is 13.1. The lowest BCUT2D eigenvalue weighted by Crippen LogP contribution is -2.52. The molecule has 0 aromatic carbocycles. The lowest BCUT2D eigenvalue weighted by Gasteiger charge is -2.26. The van der Waals surface area contributed by atoms with Gasteiger partial charge in [0.25, 0.3) is 0 Å². The maximum Gasteiger partial charge on any atom is 0.355 e. The molecular weight excluding hydrogens is 266 g/mol. The van der Waals surface area contributed by atoms with Crippen molar-refractivity contribution < 1.29 is 14.7 Å². The number of aromatic carboxylic acids is 1. The maximum atomic E-state index is 12.1. The predicted octanol–water partition coefficient (Wildman–Crippen LogP) is 1.41. The van der Waals surface area contributed by atoms with Crippen LogP contribution in [0.4, 0.5) is 0 Å². The van der Waals surface area contributed by atoms with Gasteiger partial charge in [-0.3, -0.25) is 4.79 Å². The Balaban J connectivity index is 2.71. The number of nitrogens with zero attached hydrogens (tertiary/aromatic N) is 1. The molecule has 0 saturated carbocycles. The molecule has 0 fully saturated rings. The van der Waals surface area contributed by atoms with Crippen LogP contribution in [0, 0.1) is 0 Å². The molecule has 3 N–H and O–H groups in total. The van der Waals surface area contributed by atoms with Crippen molar-refractivity contribution in [3.8, 4) is 0 Å². The Morgan fingerprint density at radius 2 is 2.16 bits per heavy atom. The van der Waals surface area contributed by atoms with Gasteiger partial charge in [-0.15, -0.1) is 11.3 Å². The molecule has 0 bridgehead atoms. The molecular formula is C12H19N3O3S. The molecule has 106 valence electrons. The zero-order valence-corrected chi connectivity index (χ0v) is 12.3. The number of carboxylic acid groups (broad SMARTS) is 1. The second-order valence-electron chi connectivity index (χ2n) is 4.73. The van der Waals surface area contributed by atoms with Crippen LogP contribution in [0.3, 0.4) is 0 Å². The minimum Gasteiger partial charge on any atom is -0.476 e. The number of likely N-dealkylation sites (N-methyl/N-ethyl adjacent to an activating group) is 1. The minimum atomic E-state index is -1.06. The van der Waals surface area contributed by atoms with Crippen molar-refractivity contribution >= 4 is 23.2 Å². The predicted molar refractivity (Wildman–Crippen MR) is 73.4 cm³/mol. The first-order chi connectivity index (χ1) is 8.77. The summed E-state index contributed by atoms with van der Waals surface area (Å²) in [5, 5.41) is 16.8. The van der Waals surface area contributed by atoms with Gasteiger partial charge in [-0.25, -0.2) is 9.78 Å². The van der Waals surface area contributed by atoms with Crippen LogP contribution < -0.4 is 10.6 Å². The summed E-state index contributed by atoms with van der Waals surface area (Å²) >= 11 is 1.22. The van der Waals surface area contributed by atoms with Crippen LogP contribution in [-0.2, 0) is 4.79 Å². The summed E-state index contributed by atoms with van der Waals surface area (Å²) in [4.78, 5) is 26.8. The second kappa shape index (κ2) is 6.12. The summed E-state index contributed by atoms with van der Waals surface area (Å²) in [6.45, 7) is 7.99. The van der Waals surface area contributed by atoms with Crippen LogP contribution in [0.15, 0.2) is 5.38 Å². The summed E-state index contributed by atoms with van der Waals surface area (Å²) in [6.07, 6.45) is 0. The molecule has 0 radical (unpaired) electrons. The highest BCUT2D eigenvalue weighted by molar-refractivity contribution is 7.09. The standard InChI is InChI=1S/C12H19N3O3S/c1-5-13-12(3,4)11(18)14-7(2)9-15-8(6-19-9)10(16)17/h6-7,13H,5H2,1-4H3,(H,14,18)(H,16,17). The van der Waals surface area contributed by atoms with Crippen LogP contribution in [-0.4, -0.2) is 34.1 Å². The number of carbonyl (C=O) groups is 2. The van der Waals surface area contributed by atoms with Gasteiger partial charge in [0.1, 0.15) is 5.01 Å². The number of nitrogens with one attached hydrogen (secondary N) is 2. The number of hydrogen-bond donors (Lipinski definition) is 3. The van der Waals surface area contributed by atoms with E-state index in [4.69, 9.17) is 5.11 Å². The molecule has 0 aliphatic carbocycles.